The van der Waals surface area contributed by atoms with Gasteiger partial charge in [-0.25, -0.2) is 0 Å². The van der Waals surface area contributed by atoms with Crippen LogP contribution in [-0.2, 0) is 5.41 Å². The highest BCUT2D eigenvalue weighted by molar-refractivity contribution is 6.25. The monoisotopic (exact) mass is 972 g/mol. The first-order valence-corrected chi connectivity index (χ1v) is 27.9. The first-order valence-electron chi connectivity index (χ1n) is 27.9. The van der Waals surface area contributed by atoms with Crippen molar-refractivity contribution in [1.82, 2.24) is 0 Å². The van der Waals surface area contributed by atoms with Crippen LogP contribution in [-0.4, -0.2) is 0 Å². The highest BCUT2D eigenvalue weighted by Gasteiger charge is 2.43. The van der Waals surface area contributed by atoms with E-state index in [0.29, 0.717) is 0 Å². The van der Waals surface area contributed by atoms with E-state index in [4.69, 9.17) is 4.42 Å². The number of hydrogen-bond acceptors (Lipinski definition) is 2. The fraction of sp³-hybridized carbons (Fsp3) is 0.205. The third-order valence-corrected chi connectivity index (χ3v) is 17.1. The molecule has 0 saturated heterocycles. The van der Waals surface area contributed by atoms with Gasteiger partial charge >= 0.3 is 0 Å². The van der Waals surface area contributed by atoms with Crippen LogP contribution in [0.15, 0.2) is 205 Å². The molecule has 2 nitrogen and oxygen atoms in total. The van der Waals surface area contributed by atoms with E-state index in [9.17, 15) is 0 Å². The topological polar surface area (TPSA) is 16.4 Å². The number of hydrogen-bond donors (Lipinski definition) is 0. The van der Waals surface area contributed by atoms with Crippen molar-refractivity contribution in [3.05, 3.63) is 222 Å². The molecule has 1 aliphatic carbocycles. The zero-order chi connectivity index (χ0) is 50.6. The summed E-state index contributed by atoms with van der Waals surface area (Å²) in [6, 6.07) is 75.9. The second kappa shape index (κ2) is 19.4. The Hall–Kier alpha value is -7.94. The lowest BCUT2D eigenvalue weighted by atomic mass is 9.70. The molecule has 12 aromatic rings. The summed E-state index contributed by atoms with van der Waals surface area (Å²) in [5.74, 6) is 0. The van der Waals surface area contributed by atoms with Crippen molar-refractivity contribution in [2.24, 2.45) is 0 Å². The Bertz CT molecular complexity index is 4000. The molecule has 0 amide bonds. The molecule has 1 aromatic heterocycles. The highest BCUT2D eigenvalue weighted by Crippen LogP contribution is 2.58. The minimum Gasteiger partial charge on any atom is -0.456 e. The van der Waals surface area contributed by atoms with E-state index in [2.05, 4.69) is 233 Å². The van der Waals surface area contributed by atoms with Crippen molar-refractivity contribution < 1.29 is 4.42 Å². The van der Waals surface area contributed by atoms with Crippen molar-refractivity contribution in [1.29, 1.82) is 0 Å². The standard InChI is InChI=1S/C73H65NO/c1-5-7-9-21-44-73(45-22-10-8-6-2)64-46-50(70-58-28-15-17-30-60(58)71(61-31-18-16-29-59(61)70)63-33-23-35-69-72(63)62-32-19-20-34-68(62)75-69)38-40-54(64)55-41-39-51(47-65(55)73)74(66-42-36-48(3)52-24-11-13-26-56(52)66)67-43-37-49(4)53-25-12-14-27-57(53)67/h11-20,23-43,46-47H,5-10,21-22,44-45H2,1-4H3. The van der Waals surface area contributed by atoms with Gasteiger partial charge in [0, 0.05) is 32.6 Å². The number of unbranched alkanes of at least 4 members (excludes halogenated alkanes) is 6. The quantitative estimate of drug-likeness (QED) is 0.0752. The van der Waals surface area contributed by atoms with Gasteiger partial charge < -0.3 is 9.32 Å². The smallest absolute Gasteiger partial charge is 0.136 e. The zero-order valence-electron chi connectivity index (χ0n) is 44.0. The molecule has 13 rings (SSSR count). The first kappa shape index (κ1) is 46.8. The molecule has 0 bridgehead atoms. The summed E-state index contributed by atoms with van der Waals surface area (Å²) in [7, 11) is 0. The van der Waals surface area contributed by atoms with Crippen molar-refractivity contribution in [2.45, 2.75) is 97.3 Å². The third-order valence-electron chi connectivity index (χ3n) is 17.1. The second-order valence-corrected chi connectivity index (χ2v) is 21.5. The van der Waals surface area contributed by atoms with Crippen LogP contribution >= 0.6 is 0 Å². The summed E-state index contributed by atoms with van der Waals surface area (Å²) in [4.78, 5) is 2.59. The van der Waals surface area contributed by atoms with Gasteiger partial charge in [0.05, 0.1) is 11.4 Å². The fourth-order valence-electron chi connectivity index (χ4n) is 13.5. The van der Waals surface area contributed by atoms with Crippen LogP contribution in [0.3, 0.4) is 0 Å². The fourth-order valence-corrected chi connectivity index (χ4v) is 13.5. The number of furan rings is 1. The molecule has 0 aliphatic heterocycles. The number of anilines is 3. The van der Waals surface area contributed by atoms with Crippen molar-refractivity contribution in [3.8, 4) is 33.4 Å². The molecule has 2 heteroatoms. The Morgan fingerprint density at radius 2 is 0.853 bits per heavy atom. The van der Waals surface area contributed by atoms with Gasteiger partial charge in [0.2, 0.25) is 0 Å². The summed E-state index contributed by atoms with van der Waals surface area (Å²) in [6.07, 6.45) is 12.1. The zero-order valence-corrected chi connectivity index (χ0v) is 44.0. The molecule has 0 saturated carbocycles. The summed E-state index contributed by atoms with van der Waals surface area (Å²) in [5, 5.41) is 12.5. The summed E-state index contributed by atoms with van der Waals surface area (Å²) >= 11 is 0. The lowest BCUT2D eigenvalue weighted by molar-refractivity contribution is 0.401. The lowest BCUT2D eigenvalue weighted by Gasteiger charge is -2.35. The van der Waals surface area contributed by atoms with Gasteiger partial charge in [-0.15, -0.1) is 0 Å². The van der Waals surface area contributed by atoms with Gasteiger partial charge in [-0.2, -0.15) is 0 Å². The van der Waals surface area contributed by atoms with E-state index >= 15 is 0 Å². The van der Waals surface area contributed by atoms with Crippen molar-refractivity contribution >= 4 is 82.1 Å². The van der Waals surface area contributed by atoms with Gasteiger partial charge in [-0.1, -0.05) is 223 Å². The van der Waals surface area contributed by atoms with E-state index in [-0.39, 0.29) is 5.41 Å². The van der Waals surface area contributed by atoms with E-state index in [1.54, 1.807) is 0 Å². The number of para-hydroxylation sites is 1. The Kier molecular flexibility index (Phi) is 12.1. The molecule has 368 valence electrons. The molecule has 0 radical (unpaired) electrons. The molecule has 0 spiro atoms. The minimum absolute atomic E-state index is 0.169. The van der Waals surface area contributed by atoms with Crippen LogP contribution in [0.1, 0.15) is 100 Å². The van der Waals surface area contributed by atoms with Gasteiger partial charge in [0.1, 0.15) is 11.2 Å². The predicted octanol–water partition coefficient (Wildman–Crippen LogP) is 21.8. The Morgan fingerprint density at radius 3 is 1.43 bits per heavy atom. The molecule has 0 fully saturated rings. The Morgan fingerprint density at radius 1 is 0.373 bits per heavy atom. The maximum absolute atomic E-state index is 6.51. The Balaban J connectivity index is 1.05. The molecule has 0 unspecified atom stereocenters. The number of rotatable bonds is 15. The maximum Gasteiger partial charge on any atom is 0.136 e. The second-order valence-electron chi connectivity index (χ2n) is 21.5. The van der Waals surface area contributed by atoms with Crippen LogP contribution in [0.2, 0.25) is 0 Å². The van der Waals surface area contributed by atoms with Crippen LogP contribution in [0.25, 0.3) is 98.4 Å². The highest BCUT2D eigenvalue weighted by atomic mass is 16.3. The average molecular weight is 972 g/mol. The van der Waals surface area contributed by atoms with Gasteiger partial charge in [0.25, 0.3) is 0 Å². The first-order chi connectivity index (χ1) is 37.0. The molecule has 0 atom stereocenters. The van der Waals surface area contributed by atoms with Gasteiger partial charge in [-0.3, -0.25) is 0 Å². The maximum atomic E-state index is 6.51. The number of fused-ring (bicyclic) bond motifs is 10. The molecule has 11 aromatic carbocycles. The van der Waals surface area contributed by atoms with E-state index in [1.807, 2.05) is 0 Å². The largest absolute Gasteiger partial charge is 0.456 e. The summed E-state index contributed by atoms with van der Waals surface area (Å²) < 4.78 is 6.51. The average Bonchev–Trinajstić information content (AvgIpc) is 3.98. The van der Waals surface area contributed by atoms with Crippen LogP contribution in [0, 0.1) is 13.8 Å². The molecular weight excluding hydrogens is 907 g/mol. The molecule has 0 N–H and O–H groups in total. The van der Waals surface area contributed by atoms with Crippen molar-refractivity contribution in [3.63, 3.8) is 0 Å². The summed E-state index contributed by atoms with van der Waals surface area (Å²) in [5.41, 5.74) is 18.7. The van der Waals surface area contributed by atoms with E-state index in [0.717, 1.165) is 29.4 Å². The lowest BCUT2D eigenvalue weighted by Crippen LogP contribution is -2.26. The molecule has 1 heterocycles. The predicted molar refractivity (Wildman–Crippen MR) is 323 cm³/mol. The minimum atomic E-state index is -0.169. The Labute approximate surface area is 442 Å². The van der Waals surface area contributed by atoms with Crippen LogP contribution < -0.4 is 4.90 Å². The van der Waals surface area contributed by atoms with Gasteiger partial charge in [-0.05, 0) is 157 Å². The number of aryl methyl sites for hydroxylation is 2. The van der Waals surface area contributed by atoms with E-state index in [1.165, 1.54) is 173 Å². The number of benzene rings is 11. The van der Waals surface area contributed by atoms with Gasteiger partial charge in [0.15, 0.2) is 0 Å². The third kappa shape index (κ3) is 7.75. The molecule has 1 aliphatic rings. The molecule has 75 heavy (non-hydrogen) atoms. The van der Waals surface area contributed by atoms with Crippen LogP contribution in [0.5, 0.6) is 0 Å². The molecular formula is C73H65NO. The van der Waals surface area contributed by atoms with Crippen LogP contribution in [0.4, 0.5) is 17.1 Å². The summed E-state index contributed by atoms with van der Waals surface area (Å²) in [6.45, 7) is 9.17. The van der Waals surface area contributed by atoms with Crippen molar-refractivity contribution in [2.75, 3.05) is 4.90 Å². The van der Waals surface area contributed by atoms with E-state index < -0.39 is 0 Å². The normalized spacial score (nSPS) is 12.9. The number of nitrogens with zero attached hydrogens (tertiary/aromatic N) is 1. The SMILES string of the molecule is CCCCCCC1(CCCCCC)c2cc(-c3c4ccccc4c(-c4cccc5oc6ccccc6c45)c4ccccc34)ccc2-c2ccc(N(c3ccc(C)c4ccccc34)c3ccc(C)c4ccccc34)cc21.